The van der Waals surface area contributed by atoms with E-state index in [9.17, 15) is 19.5 Å². The van der Waals surface area contributed by atoms with Gasteiger partial charge in [0.2, 0.25) is 0 Å². The van der Waals surface area contributed by atoms with E-state index in [-0.39, 0.29) is 24.3 Å². The van der Waals surface area contributed by atoms with E-state index < -0.39 is 29.8 Å². The third-order valence-corrected chi connectivity index (χ3v) is 3.55. The van der Waals surface area contributed by atoms with Crippen molar-refractivity contribution in [3.05, 3.63) is 35.9 Å². The Morgan fingerprint density at radius 2 is 1.73 bits per heavy atom. The van der Waals surface area contributed by atoms with Gasteiger partial charge >= 0.3 is 11.9 Å². The van der Waals surface area contributed by atoms with Gasteiger partial charge in [-0.2, -0.15) is 0 Å². The van der Waals surface area contributed by atoms with Gasteiger partial charge in [0.05, 0.1) is 0 Å². The number of hydrazine groups is 1. The molecule has 0 unspecified atom stereocenters. The van der Waals surface area contributed by atoms with E-state index in [1.807, 2.05) is 0 Å². The number of carboxylic acid groups (broad SMARTS) is 2. The molecular weight excluding hydrogens is 312 g/mol. The zero-order chi connectivity index (χ0) is 16.8. The largest absolute Gasteiger partial charge is 0.481 e. The minimum absolute atomic E-state index is 0.0817. The van der Waals surface area contributed by atoms with Crippen LogP contribution < -0.4 is 5.84 Å². The quantitative estimate of drug-likeness (QED) is 0.286. The van der Waals surface area contributed by atoms with Gasteiger partial charge in [0.25, 0.3) is 5.91 Å². The van der Waals surface area contributed by atoms with Gasteiger partial charge in [-0.05, 0) is 25.0 Å². The number of carbonyl (C=O) groups is 3. The average molecular weight is 329 g/mol. The first-order valence-electron chi connectivity index (χ1n) is 6.50. The van der Waals surface area contributed by atoms with E-state index in [0.29, 0.717) is 5.01 Å². The molecule has 1 amide bonds. The van der Waals surface area contributed by atoms with Gasteiger partial charge in [0, 0.05) is 17.9 Å². The van der Waals surface area contributed by atoms with E-state index in [1.165, 1.54) is 12.1 Å². The molecule has 0 aromatic heterocycles. The maximum absolute atomic E-state index is 12.4. The molecule has 7 nitrogen and oxygen atoms in total. The fourth-order valence-electron chi connectivity index (χ4n) is 2.07. The predicted octanol–water partition coefficient (Wildman–Crippen LogP) is 1.32. The van der Waals surface area contributed by atoms with Crippen molar-refractivity contribution >= 4 is 29.4 Å². The first-order valence-corrected chi connectivity index (χ1v) is 7.04. The summed E-state index contributed by atoms with van der Waals surface area (Å²) in [6, 6.07) is 7.91. The van der Waals surface area contributed by atoms with Crippen molar-refractivity contribution in [2.45, 2.75) is 24.8 Å². The summed E-state index contributed by atoms with van der Waals surface area (Å²) in [7, 11) is 0. The number of nitrogens with zero attached hydrogens (tertiary/aromatic N) is 1. The summed E-state index contributed by atoms with van der Waals surface area (Å²) in [6.45, 7) is 0. The number of carboxylic acids is 2. The van der Waals surface area contributed by atoms with Crippen LogP contribution in [0.5, 0.6) is 0 Å². The summed E-state index contributed by atoms with van der Waals surface area (Å²) >= 11 is 5.64. The van der Waals surface area contributed by atoms with Crippen LogP contribution in [0.2, 0.25) is 0 Å². The highest BCUT2D eigenvalue weighted by Crippen LogP contribution is 2.26. The van der Waals surface area contributed by atoms with Gasteiger partial charge in [0.15, 0.2) is 5.54 Å². The number of aliphatic carboxylic acids is 2. The summed E-state index contributed by atoms with van der Waals surface area (Å²) in [6.07, 6.45) is -0.940. The van der Waals surface area contributed by atoms with Crippen LogP contribution >= 0.6 is 11.6 Å². The van der Waals surface area contributed by atoms with Crippen LogP contribution in [-0.4, -0.2) is 44.5 Å². The third kappa shape index (κ3) is 3.96. The molecule has 0 radical (unpaired) electrons. The number of carbonyl (C=O) groups excluding carboxylic acids is 1. The second-order valence-electron chi connectivity index (χ2n) is 4.71. The molecule has 22 heavy (non-hydrogen) atoms. The molecule has 1 aromatic rings. The van der Waals surface area contributed by atoms with Gasteiger partial charge in [-0.25, -0.2) is 10.6 Å². The van der Waals surface area contributed by atoms with Crippen LogP contribution in [0.4, 0.5) is 0 Å². The van der Waals surface area contributed by atoms with Gasteiger partial charge in [-0.1, -0.05) is 18.2 Å². The Bertz CT molecular complexity index is 551. The minimum atomic E-state index is -1.87. The molecule has 1 atom stereocenters. The molecule has 120 valence electrons. The first kappa shape index (κ1) is 17.9. The summed E-state index contributed by atoms with van der Waals surface area (Å²) in [4.78, 5) is 34.8. The lowest BCUT2D eigenvalue weighted by Gasteiger charge is -2.37. The molecule has 4 N–H and O–H groups in total. The summed E-state index contributed by atoms with van der Waals surface area (Å²) in [5, 5.41) is 18.9. The normalized spacial score (nSPS) is 13.2. The monoisotopic (exact) mass is 328 g/mol. The fourth-order valence-corrected chi connectivity index (χ4v) is 2.38. The molecule has 0 fully saturated rings. The van der Waals surface area contributed by atoms with Gasteiger partial charge in [0.1, 0.15) is 0 Å². The summed E-state index contributed by atoms with van der Waals surface area (Å²) in [5.41, 5.74) is -1.66. The standard InChI is InChI=1S/C14H17ClN2O5/c15-9-8-14(13(21)22,7-6-11(18)19)17(16)12(20)10-4-2-1-3-5-10/h1-5H,6-9,16H2,(H,18,19)(H,21,22)/t14-/m1/s1. The SMILES string of the molecule is NN(C(=O)c1ccccc1)[C@@](CCCl)(CCC(=O)O)C(=O)O. The minimum Gasteiger partial charge on any atom is -0.481 e. The summed E-state index contributed by atoms with van der Waals surface area (Å²) in [5.74, 6) is 2.39. The molecule has 0 aliphatic heterocycles. The van der Waals surface area contributed by atoms with Crippen LogP contribution in [0.25, 0.3) is 0 Å². The lowest BCUT2D eigenvalue weighted by Crippen LogP contribution is -2.61. The van der Waals surface area contributed by atoms with Crippen molar-refractivity contribution in [1.29, 1.82) is 0 Å². The molecule has 0 bridgehead atoms. The molecule has 1 rings (SSSR count). The number of nitrogens with two attached hydrogens (primary N) is 1. The molecule has 1 aromatic carbocycles. The molecule has 0 saturated carbocycles. The molecule has 0 aliphatic rings. The molecule has 0 heterocycles. The Kier molecular flexibility index (Phi) is 6.33. The van der Waals surface area contributed by atoms with Crippen LogP contribution in [0.15, 0.2) is 30.3 Å². The summed E-state index contributed by atoms with van der Waals surface area (Å²) < 4.78 is 0. The Labute approximate surface area is 132 Å². The van der Waals surface area contributed by atoms with Crippen molar-refractivity contribution in [3.8, 4) is 0 Å². The zero-order valence-corrected chi connectivity index (χ0v) is 12.5. The maximum Gasteiger partial charge on any atom is 0.331 e. The second kappa shape index (κ2) is 7.77. The number of rotatable bonds is 8. The maximum atomic E-state index is 12.4. The van der Waals surface area contributed by atoms with E-state index in [2.05, 4.69) is 0 Å². The molecular formula is C14H17ClN2O5. The number of halogens is 1. The molecule has 0 aliphatic carbocycles. The highest BCUT2D eigenvalue weighted by Gasteiger charge is 2.45. The highest BCUT2D eigenvalue weighted by molar-refractivity contribution is 6.18. The van der Waals surface area contributed by atoms with Crippen molar-refractivity contribution in [2.24, 2.45) is 5.84 Å². The van der Waals surface area contributed by atoms with Gasteiger partial charge in [-0.15, -0.1) is 11.6 Å². The van der Waals surface area contributed by atoms with E-state index in [1.54, 1.807) is 18.2 Å². The number of alkyl halides is 1. The van der Waals surface area contributed by atoms with Crippen LogP contribution in [0.1, 0.15) is 29.6 Å². The Morgan fingerprint density at radius 3 is 2.18 bits per heavy atom. The van der Waals surface area contributed by atoms with Crippen LogP contribution in [0, 0.1) is 0 Å². The number of hydrogen-bond acceptors (Lipinski definition) is 4. The Hall–Kier alpha value is -2.12. The smallest absolute Gasteiger partial charge is 0.331 e. The van der Waals surface area contributed by atoms with E-state index in [0.717, 1.165) is 0 Å². The van der Waals surface area contributed by atoms with Crippen molar-refractivity contribution in [1.82, 2.24) is 5.01 Å². The average Bonchev–Trinajstić information content (AvgIpc) is 2.50. The van der Waals surface area contributed by atoms with E-state index in [4.69, 9.17) is 22.6 Å². The number of hydrogen-bond donors (Lipinski definition) is 3. The van der Waals surface area contributed by atoms with Gasteiger partial charge < -0.3 is 10.2 Å². The van der Waals surface area contributed by atoms with Crippen molar-refractivity contribution in [3.63, 3.8) is 0 Å². The topological polar surface area (TPSA) is 121 Å². The Balaban J connectivity index is 3.15. The number of benzene rings is 1. The lowest BCUT2D eigenvalue weighted by atomic mass is 9.89. The van der Waals surface area contributed by atoms with Crippen molar-refractivity contribution < 1.29 is 24.6 Å². The van der Waals surface area contributed by atoms with Crippen molar-refractivity contribution in [2.75, 3.05) is 5.88 Å². The first-order chi connectivity index (χ1) is 10.3. The van der Waals surface area contributed by atoms with Crippen LogP contribution in [-0.2, 0) is 9.59 Å². The molecule has 8 heteroatoms. The van der Waals surface area contributed by atoms with Crippen LogP contribution in [0.3, 0.4) is 0 Å². The third-order valence-electron chi connectivity index (χ3n) is 3.36. The molecule has 0 saturated heterocycles. The number of amides is 1. The van der Waals surface area contributed by atoms with E-state index >= 15 is 0 Å². The predicted molar refractivity (Wildman–Crippen MR) is 79.4 cm³/mol. The highest BCUT2D eigenvalue weighted by atomic mass is 35.5. The molecule has 0 spiro atoms. The fraction of sp³-hybridized carbons (Fsp3) is 0.357. The van der Waals surface area contributed by atoms with Gasteiger partial charge in [-0.3, -0.25) is 14.6 Å². The second-order valence-corrected chi connectivity index (χ2v) is 5.09. The zero-order valence-electron chi connectivity index (χ0n) is 11.7. The Morgan fingerprint density at radius 1 is 1.14 bits per heavy atom. The lowest BCUT2D eigenvalue weighted by molar-refractivity contribution is -0.152.